The van der Waals surface area contributed by atoms with E-state index < -0.39 is 16.0 Å². The Morgan fingerprint density at radius 1 is 1.55 bits per heavy atom. The number of aromatic amines is 1. The molecule has 1 aliphatic heterocycles. The van der Waals surface area contributed by atoms with Crippen LogP contribution in [0.15, 0.2) is 22.9 Å². The number of ether oxygens (including phenoxy) is 1. The van der Waals surface area contributed by atoms with Crippen molar-refractivity contribution in [2.75, 3.05) is 19.7 Å². The van der Waals surface area contributed by atoms with Gasteiger partial charge < -0.3 is 4.74 Å². The number of nitrogens with one attached hydrogen (secondary N) is 1. The molecule has 0 saturated carbocycles. The molecule has 0 atom stereocenters. The Morgan fingerprint density at radius 3 is 2.90 bits per heavy atom. The third-order valence-electron chi connectivity index (χ3n) is 3.10. The van der Waals surface area contributed by atoms with Crippen LogP contribution >= 0.6 is 0 Å². The maximum atomic E-state index is 12.5. The summed E-state index contributed by atoms with van der Waals surface area (Å²) in [6.07, 6.45) is 3.72. The zero-order valence-corrected chi connectivity index (χ0v) is 12.2. The largest absolute Gasteiger partial charge is 0.462 e. The van der Waals surface area contributed by atoms with E-state index in [1.54, 1.807) is 6.92 Å². The fourth-order valence-corrected chi connectivity index (χ4v) is 3.37. The molecule has 2 heterocycles. The van der Waals surface area contributed by atoms with Crippen LogP contribution in [0.3, 0.4) is 0 Å². The van der Waals surface area contributed by atoms with Crippen LogP contribution < -0.4 is 0 Å². The Kier molecular flexibility index (Phi) is 4.24. The Bertz CT molecular complexity index is 633. The molecule has 0 unspecified atom stereocenters. The van der Waals surface area contributed by atoms with Gasteiger partial charge >= 0.3 is 5.97 Å². The number of rotatable bonds is 4. The predicted molar refractivity (Wildman–Crippen MR) is 71.7 cm³/mol. The standard InChI is InChI=1S/C12H17N3O4S/c1-3-19-12(16)10-8-13-14-11(10)20(17,18)15-6-4-9(2)5-7-15/h4,8H,3,5-7H2,1-2H3,(H,13,14). The van der Waals surface area contributed by atoms with E-state index in [1.165, 1.54) is 10.5 Å². The van der Waals surface area contributed by atoms with Gasteiger partial charge in [-0.2, -0.15) is 9.40 Å². The summed E-state index contributed by atoms with van der Waals surface area (Å²) in [5.41, 5.74) is 1.10. The summed E-state index contributed by atoms with van der Waals surface area (Å²) in [6, 6.07) is 0. The Balaban J connectivity index is 2.31. The first kappa shape index (κ1) is 14.7. The number of carbonyl (C=O) groups excluding carboxylic acids is 1. The van der Waals surface area contributed by atoms with E-state index in [-0.39, 0.29) is 17.2 Å². The molecule has 0 saturated heterocycles. The SMILES string of the molecule is CCOC(=O)c1cn[nH]c1S(=O)(=O)N1CC=C(C)CC1. The second-order valence-corrected chi connectivity index (χ2v) is 6.37. The number of aromatic nitrogens is 2. The molecule has 1 aromatic rings. The quantitative estimate of drug-likeness (QED) is 0.659. The van der Waals surface area contributed by atoms with Gasteiger partial charge in [0.1, 0.15) is 5.56 Å². The topological polar surface area (TPSA) is 92.4 Å². The number of hydrogen-bond acceptors (Lipinski definition) is 5. The lowest BCUT2D eigenvalue weighted by Crippen LogP contribution is -2.35. The fraction of sp³-hybridized carbons (Fsp3) is 0.500. The molecule has 1 aromatic heterocycles. The third kappa shape index (κ3) is 2.75. The average molecular weight is 299 g/mol. The summed E-state index contributed by atoms with van der Waals surface area (Å²) >= 11 is 0. The van der Waals surface area contributed by atoms with Crippen molar-refractivity contribution in [2.24, 2.45) is 0 Å². The predicted octanol–water partition coefficient (Wildman–Crippen LogP) is 0.927. The van der Waals surface area contributed by atoms with Crippen LogP contribution in [0.1, 0.15) is 30.6 Å². The zero-order valence-electron chi connectivity index (χ0n) is 11.4. The molecular formula is C12H17N3O4S. The highest BCUT2D eigenvalue weighted by molar-refractivity contribution is 7.89. The molecule has 2 rings (SSSR count). The summed E-state index contributed by atoms with van der Waals surface area (Å²) in [7, 11) is -3.77. The molecule has 0 radical (unpaired) electrons. The van der Waals surface area contributed by atoms with Crippen molar-refractivity contribution < 1.29 is 17.9 Å². The van der Waals surface area contributed by atoms with E-state index in [0.29, 0.717) is 19.5 Å². The molecule has 0 fully saturated rings. The Labute approximate surface area is 117 Å². The maximum Gasteiger partial charge on any atom is 0.342 e. The first-order valence-corrected chi connectivity index (χ1v) is 7.77. The van der Waals surface area contributed by atoms with Crippen LogP contribution in [0.25, 0.3) is 0 Å². The molecule has 110 valence electrons. The summed E-state index contributed by atoms with van der Waals surface area (Å²) in [5.74, 6) is -0.691. The number of carbonyl (C=O) groups is 1. The van der Waals surface area contributed by atoms with Gasteiger partial charge in [-0.15, -0.1) is 0 Å². The number of hydrogen-bond donors (Lipinski definition) is 1. The number of H-pyrrole nitrogens is 1. The van der Waals surface area contributed by atoms with Gasteiger partial charge in [-0.3, -0.25) is 5.10 Å². The third-order valence-corrected chi connectivity index (χ3v) is 4.94. The lowest BCUT2D eigenvalue weighted by Gasteiger charge is -2.24. The van der Waals surface area contributed by atoms with E-state index in [0.717, 1.165) is 5.57 Å². The summed E-state index contributed by atoms with van der Waals surface area (Å²) in [4.78, 5) is 11.7. The van der Waals surface area contributed by atoms with Crippen LogP contribution in [-0.2, 0) is 14.8 Å². The molecule has 0 spiro atoms. The second kappa shape index (κ2) is 5.76. The number of sulfonamides is 1. The average Bonchev–Trinajstić information content (AvgIpc) is 2.89. The molecule has 0 aliphatic carbocycles. The molecule has 0 amide bonds. The highest BCUT2D eigenvalue weighted by atomic mass is 32.2. The van der Waals surface area contributed by atoms with Gasteiger partial charge in [-0.05, 0) is 20.3 Å². The van der Waals surface area contributed by atoms with Gasteiger partial charge in [-0.25, -0.2) is 13.2 Å². The Hall–Kier alpha value is -1.67. The molecule has 0 bridgehead atoms. The van der Waals surface area contributed by atoms with Gasteiger partial charge in [0, 0.05) is 13.1 Å². The van der Waals surface area contributed by atoms with Crippen molar-refractivity contribution in [2.45, 2.75) is 25.3 Å². The van der Waals surface area contributed by atoms with Gasteiger partial charge in [0.25, 0.3) is 10.0 Å². The van der Waals surface area contributed by atoms with Gasteiger partial charge in [-0.1, -0.05) is 11.6 Å². The molecule has 7 nitrogen and oxygen atoms in total. The van der Waals surface area contributed by atoms with Gasteiger partial charge in [0.05, 0.1) is 12.8 Å². The van der Waals surface area contributed by atoms with Crippen molar-refractivity contribution in [1.29, 1.82) is 0 Å². The van der Waals surface area contributed by atoms with Gasteiger partial charge in [0.15, 0.2) is 5.03 Å². The molecular weight excluding hydrogens is 282 g/mol. The first-order chi connectivity index (χ1) is 9.46. The lowest BCUT2D eigenvalue weighted by atomic mass is 10.1. The summed E-state index contributed by atoms with van der Waals surface area (Å²) in [6.45, 7) is 4.49. The molecule has 8 heteroatoms. The van der Waals surface area contributed by atoms with Crippen molar-refractivity contribution in [1.82, 2.24) is 14.5 Å². The van der Waals surface area contributed by atoms with Crippen LogP contribution in [-0.4, -0.2) is 48.6 Å². The van der Waals surface area contributed by atoms with Crippen LogP contribution in [0, 0.1) is 0 Å². The normalized spacial score (nSPS) is 16.8. The van der Waals surface area contributed by atoms with Crippen LogP contribution in [0.5, 0.6) is 0 Å². The van der Waals surface area contributed by atoms with Crippen molar-refractivity contribution in [3.05, 3.63) is 23.4 Å². The summed E-state index contributed by atoms with van der Waals surface area (Å²) in [5, 5.41) is 5.84. The zero-order chi connectivity index (χ0) is 14.8. The minimum atomic E-state index is -3.77. The Morgan fingerprint density at radius 2 is 2.30 bits per heavy atom. The van der Waals surface area contributed by atoms with Crippen molar-refractivity contribution in [3.8, 4) is 0 Å². The van der Waals surface area contributed by atoms with Crippen LogP contribution in [0.2, 0.25) is 0 Å². The smallest absolute Gasteiger partial charge is 0.342 e. The number of nitrogens with zero attached hydrogens (tertiary/aromatic N) is 2. The van der Waals surface area contributed by atoms with Crippen molar-refractivity contribution >= 4 is 16.0 Å². The minimum Gasteiger partial charge on any atom is -0.462 e. The van der Waals surface area contributed by atoms with E-state index in [4.69, 9.17) is 4.74 Å². The minimum absolute atomic E-state index is 0.0573. The fourth-order valence-electron chi connectivity index (χ4n) is 1.92. The monoisotopic (exact) mass is 299 g/mol. The van der Waals surface area contributed by atoms with E-state index >= 15 is 0 Å². The second-order valence-electron chi connectivity index (χ2n) is 4.50. The maximum absolute atomic E-state index is 12.5. The molecule has 20 heavy (non-hydrogen) atoms. The highest BCUT2D eigenvalue weighted by Gasteiger charge is 2.32. The van der Waals surface area contributed by atoms with E-state index in [2.05, 4.69) is 10.2 Å². The number of esters is 1. The van der Waals surface area contributed by atoms with Gasteiger partial charge in [0.2, 0.25) is 0 Å². The van der Waals surface area contributed by atoms with Crippen molar-refractivity contribution in [3.63, 3.8) is 0 Å². The van der Waals surface area contributed by atoms with E-state index in [1.807, 2.05) is 13.0 Å². The lowest BCUT2D eigenvalue weighted by molar-refractivity contribution is 0.0521. The molecule has 1 aliphatic rings. The molecule has 1 N–H and O–H groups in total. The summed E-state index contributed by atoms with van der Waals surface area (Å²) < 4.78 is 31.2. The van der Waals surface area contributed by atoms with Crippen LogP contribution in [0.4, 0.5) is 0 Å². The first-order valence-electron chi connectivity index (χ1n) is 6.33. The van der Waals surface area contributed by atoms with E-state index in [9.17, 15) is 13.2 Å². The highest BCUT2D eigenvalue weighted by Crippen LogP contribution is 2.21. The molecule has 0 aromatic carbocycles.